The van der Waals surface area contributed by atoms with Crippen molar-refractivity contribution in [3.63, 3.8) is 0 Å². The molecule has 2 aromatic heterocycles. The van der Waals surface area contributed by atoms with Gasteiger partial charge >= 0.3 is 5.56 Å². The van der Waals surface area contributed by atoms with Crippen molar-refractivity contribution in [2.45, 2.75) is 0 Å². The van der Waals surface area contributed by atoms with Crippen LogP contribution in [0.4, 0.5) is 11.5 Å². The minimum Gasteiger partial charge on any atom is -0.391 e. The van der Waals surface area contributed by atoms with Crippen LogP contribution in [0.25, 0.3) is 5.78 Å². The van der Waals surface area contributed by atoms with E-state index in [1.807, 2.05) is 0 Å². The van der Waals surface area contributed by atoms with Crippen LogP contribution in [-0.4, -0.2) is 19.2 Å². The molecule has 0 aliphatic heterocycles. The molecule has 68 valence electrons. The van der Waals surface area contributed by atoms with Gasteiger partial charge in [0.1, 0.15) is 12.0 Å². The lowest BCUT2D eigenvalue weighted by Crippen LogP contribution is -2.21. The number of fused-ring (bicyclic) bond motifs is 1. The smallest absolute Gasteiger partial charge is 0.301 e. The maximum Gasteiger partial charge on any atom is 0.301 e. The van der Waals surface area contributed by atoms with E-state index in [-0.39, 0.29) is 11.5 Å². The number of hydrogen-bond acceptors (Lipinski definition) is 5. The maximum atomic E-state index is 11.4. The topological polar surface area (TPSA) is 104 Å². The number of aryl methyl sites for hydroxylation is 1. The summed E-state index contributed by atoms with van der Waals surface area (Å²) in [6.07, 6.45) is 1.46. The molecule has 0 amide bonds. The SMILES string of the molecule is Cn1cnn2c(=O)c(N)c(N)nc12. The highest BCUT2D eigenvalue weighted by Gasteiger charge is 2.09. The highest BCUT2D eigenvalue weighted by molar-refractivity contribution is 5.59. The molecule has 7 heteroatoms. The summed E-state index contributed by atoms with van der Waals surface area (Å²) >= 11 is 0. The third-order valence-corrected chi connectivity index (χ3v) is 1.76. The largest absolute Gasteiger partial charge is 0.391 e. The van der Waals surface area contributed by atoms with E-state index in [4.69, 9.17) is 11.5 Å². The second-order valence-electron chi connectivity index (χ2n) is 2.67. The van der Waals surface area contributed by atoms with Crippen LogP contribution in [0.1, 0.15) is 0 Å². The molecule has 4 N–H and O–H groups in total. The molecular weight excluding hydrogens is 172 g/mol. The normalized spacial score (nSPS) is 10.8. The number of aromatic nitrogens is 4. The Balaban J connectivity index is 3.05. The van der Waals surface area contributed by atoms with Gasteiger partial charge in [-0.2, -0.15) is 14.6 Å². The first-order valence-corrected chi connectivity index (χ1v) is 3.56. The Morgan fingerprint density at radius 1 is 1.46 bits per heavy atom. The molecule has 2 aromatic rings. The van der Waals surface area contributed by atoms with E-state index >= 15 is 0 Å². The Labute approximate surface area is 72.6 Å². The van der Waals surface area contributed by atoms with Crippen molar-refractivity contribution < 1.29 is 0 Å². The highest BCUT2D eigenvalue weighted by atomic mass is 16.1. The molecule has 0 aliphatic rings. The molecule has 13 heavy (non-hydrogen) atoms. The van der Waals surface area contributed by atoms with Gasteiger partial charge in [-0.05, 0) is 0 Å². The second kappa shape index (κ2) is 2.22. The van der Waals surface area contributed by atoms with Gasteiger partial charge in [-0.3, -0.25) is 4.79 Å². The first-order chi connectivity index (χ1) is 6.11. The molecule has 0 spiro atoms. The van der Waals surface area contributed by atoms with Crippen molar-refractivity contribution >= 4 is 17.3 Å². The Morgan fingerprint density at radius 3 is 2.85 bits per heavy atom. The van der Waals surface area contributed by atoms with Gasteiger partial charge in [0.05, 0.1) is 0 Å². The van der Waals surface area contributed by atoms with Crippen LogP contribution in [0, 0.1) is 0 Å². The number of nitrogens with zero attached hydrogens (tertiary/aromatic N) is 4. The van der Waals surface area contributed by atoms with Gasteiger partial charge in [-0.15, -0.1) is 0 Å². The maximum absolute atomic E-state index is 11.4. The van der Waals surface area contributed by atoms with E-state index in [0.717, 1.165) is 4.52 Å². The Kier molecular flexibility index (Phi) is 1.30. The summed E-state index contributed by atoms with van der Waals surface area (Å²) in [6.45, 7) is 0. The standard InChI is InChI=1S/C6H8N6O/c1-11-2-9-12-5(13)3(7)4(8)10-6(11)12/h2H,7-8H2,1H3. The van der Waals surface area contributed by atoms with Gasteiger partial charge in [-0.25, -0.2) is 0 Å². The third-order valence-electron chi connectivity index (χ3n) is 1.76. The van der Waals surface area contributed by atoms with Crippen LogP contribution < -0.4 is 17.0 Å². The van der Waals surface area contributed by atoms with E-state index in [1.54, 1.807) is 11.6 Å². The molecule has 0 bridgehead atoms. The molecule has 7 nitrogen and oxygen atoms in total. The van der Waals surface area contributed by atoms with Crippen molar-refractivity contribution in [2.24, 2.45) is 7.05 Å². The van der Waals surface area contributed by atoms with Gasteiger partial charge < -0.3 is 16.0 Å². The van der Waals surface area contributed by atoms with E-state index in [0.29, 0.717) is 5.78 Å². The molecular formula is C6H8N6O. The minimum absolute atomic E-state index is 0.0357. The van der Waals surface area contributed by atoms with Crippen molar-refractivity contribution in [1.82, 2.24) is 19.2 Å². The Bertz CT molecular complexity index is 524. The summed E-state index contributed by atoms with van der Waals surface area (Å²) < 4.78 is 2.68. The molecule has 0 fully saturated rings. The third kappa shape index (κ3) is 0.866. The second-order valence-corrected chi connectivity index (χ2v) is 2.67. The summed E-state index contributed by atoms with van der Waals surface area (Å²) in [5.41, 5.74) is 10.3. The van der Waals surface area contributed by atoms with E-state index < -0.39 is 5.56 Å². The summed E-state index contributed by atoms with van der Waals surface area (Å²) in [4.78, 5) is 15.3. The molecule has 0 unspecified atom stereocenters. The molecule has 0 aromatic carbocycles. The first kappa shape index (κ1) is 7.59. The molecule has 2 heterocycles. The number of nitrogen functional groups attached to an aromatic ring is 2. The van der Waals surface area contributed by atoms with Gasteiger partial charge in [0, 0.05) is 7.05 Å². The molecule has 2 rings (SSSR count). The van der Waals surface area contributed by atoms with Crippen LogP contribution >= 0.6 is 0 Å². The fourth-order valence-electron chi connectivity index (χ4n) is 1.04. The van der Waals surface area contributed by atoms with Crippen LogP contribution in [0.5, 0.6) is 0 Å². The quantitative estimate of drug-likeness (QED) is 0.518. The molecule has 0 saturated carbocycles. The lowest BCUT2D eigenvalue weighted by molar-refractivity contribution is 0.898. The predicted octanol–water partition coefficient (Wildman–Crippen LogP) is -1.41. The van der Waals surface area contributed by atoms with Gasteiger partial charge in [0.2, 0.25) is 5.78 Å². The fourth-order valence-corrected chi connectivity index (χ4v) is 1.04. The number of anilines is 2. The van der Waals surface area contributed by atoms with Crippen LogP contribution in [-0.2, 0) is 7.05 Å². The highest BCUT2D eigenvalue weighted by Crippen LogP contribution is 2.05. The zero-order valence-electron chi connectivity index (χ0n) is 6.93. The fraction of sp³-hybridized carbons (Fsp3) is 0.167. The van der Waals surface area contributed by atoms with Gasteiger partial charge in [0.25, 0.3) is 0 Å². The predicted molar refractivity (Wildman–Crippen MR) is 47.1 cm³/mol. The average Bonchev–Trinajstić information content (AvgIpc) is 2.45. The molecule has 0 atom stereocenters. The summed E-state index contributed by atoms with van der Waals surface area (Å²) in [5, 5.41) is 3.79. The Hall–Kier alpha value is -2.05. The van der Waals surface area contributed by atoms with Crippen molar-refractivity contribution in [2.75, 3.05) is 11.5 Å². The summed E-state index contributed by atoms with van der Waals surface area (Å²) in [6, 6.07) is 0. The molecule has 0 aliphatic carbocycles. The molecule has 0 radical (unpaired) electrons. The monoisotopic (exact) mass is 180 g/mol. The van der Waals surface area contributed by atoms with Gasteiger partial charge in [-0.1, -0.05) is 0 Å². The zero-order chi connectivity index (χ0) is 9.59. The van der Waals surface area contributed by atoms with Gasteiger partial charge in [0.15, 0.2) is 5.82 Å². The number of rotatable bonds is 0. The number of hydrogen-bond donors (Lipinski definition) is 2. The van der Waals surface area contributed by atoms with Crippen LogP contribution in [0.15, 0.2) is 11.1 Å². The average molecular weight is 180 g/mol. The minimum atomic E-state index is -0.442. The summed E-state index contributed by atoms with van der Waals surface area (Å²) in [5.74, 6) is 0.408. The lowest BCUT2D eigenvalue weighted by Gasteiger charge is -1.98. The van der Waals surface area contributed by atoms with Crippen molar-refractivity contribution in [3.05, 3.63) is 16.7 Å². The van der Waals surface area contributed by atoms with E-state index in [2.05, 4.69) is 10.1 Å². The van der Waals surface area contributed by atoms with Crippen molar-refractivity contribution in [1.29, 1.82) is 0 Å². The van der Waals surface area contributed by atoms with Crippen LogP contribution in [0.2, 0.25) is 0 Å². The first-order valence-electron chi connectivity index (χ1n) is 3.56. The number of nitrogens with two attached hydrogens (primary N) is 2. The van der Waals surface area contributed by atoms with Crippen LogP contribution in [0.3, 0.4) is 0 Å². The van der Waals surface area contributed by atoms with E-state index in [9.17, 15) is 4.79 Å². The van der Waals surface area contributed by atoms with Crippen molar-refractivity contribution in [3.8, 4) is 0 Å². The lowest BCUT2D eigenvalue weighted by atomic mass is 10.5. The summed E-state index contributed by atoms with van der Waals surface area (Å²) in [7, 11) is 1.71. The Morgan fingerprint density at radius 2 is 2.15 bits per heavy atom. The zero-order valence-corrected chi connectivity index (χ0v) is 6.93. The molecule has 0 saturated heterocycles. The van der Waals surface area contributed by atoms with E-state index in [1.165, 1.54) is 6.33 Å².